The molecule has 0 bridgehead atoms. The molecule has 1 aromatic heterocycles. The highest BCUT2D eigenvalue weighted by atomic mass is 127. The SMILES string of the molecule is CN=C(NCc1ncc(C(C)(C)C)o1)NCc1ccccc1CN(C)C(C)C.I. The predicted octanol–water partition coefficient (Wildman–Crippen LogP) is 4.30. The summed E-state index contributed by atoms with van der Waals surface area (Å²) in [5.74, 6) is 2.27. The molecule has 29 heavy (non-hydrogen) atoms. The van der Waals surface area contributed by atoms with Crippen molar-refractivity contribution < 1.29 is 4.42 Å². The zero-order valence-corrected chi connectivity index (χ0v) is 21.1. The topological polar surface area (TPSA) is 65.7 Å². The average molecular weight is 513 g/mol. The second-order valence-corrected chi connectivity index (χ2v) is 8.43. The molecule has 1 aromatic carbocycles. The third kappa shape index (κ3) is 7.97. The van der Waals surface area contributed by atoms with Crippen molar-refractivity contribution >= 4 is 29.9 Å². The van der Waals surface area contributed by atoms with Crippen LogP contribution in [0, 0.1) is 0 Å². The summed E-state index contributed by atoms with van der Waals surface area (Å²) < 4.78 is 5.83. The summed E-state index contributed by atoms with van der Waals surface area (Å²) in [4.78, 5) is 11.0. The van der Waals surface area contributed by atoms with Crippen molar-refractivity contribution in [3.05, 3.63) is 53.2 Å². The summed E-state index contributed by atoms with van der Waals surface area (Å²) >= 11 is 0. The van der Waals surface area contributed by atoms with Gasteiger partial charge in [-0.15, -0.1) is 24.0 Å². The molecule has 0 saturated carbocycles. The molecule has 2 aromatic rings. The molecule has 0 radical (unpaired) electrons. The Morgan fingerprint density at radius 2 is 1.76 bits per heavy atom. The summed E-state index contributed by atoms with van der Waals surface area (Å²) in [6.07, 6.45) is 1.80. The van der Waals surface area contributed by atoms with Crippen LogP contribution in [0.1, 0.15) is 57.4 Å². The number of halogens is 1. The van der Waals surface area contributed by atoms with Gasteiger partial charge in [0.2, 0.25) is 5.89 Å². The molecule has 0 unspecified atom stereocenters. The zero-order chi connectivity index (χ0) is 20.7. The quantitative estimate of drug-likeness (QED) is 0.329. The molecule has 6 nitrogen and oxygen atoms in total. The number of oxazole rings is 1. The lowest BCUT2D eigenvalue weighted by molar-refractivity contribution is 0.265. The Morgan fingerprint density at radius 1 is 1.14 bits per heavy atom. The normalized spacial score (nSPS) is 12.2. The standard InChI is InChI=1S/C22H35N5O.HI/c1-16(2)27(7)15-18-11-9-8-10-17(18)12-25-21(23-6)26-14-20-24-13-19(28-20)22(3,4)5;/h8-11,13,16H,12,14-15H2,1-7H3,(H2,23,25,26);1H. The van der Waals surface area contributed by atoms with Gasteiger partial charge in [0, 0.05) is 31.6 Å². The highest BCUT2D eigenvalue weighted by molar-refractivity contribution is 14.0. The van der Waals surface area contributed by atoms with Gasteiger partial charge in [-0.3, -0.25) is 9.89 Å². The van der Waals surface area contributed by atoms with E-state index < -0.39 is 0 Å². The third-order valence-corrected chi connectivity index (χ3v) is 4.79. The van der Waals surface area contributed by atoms with Crippen molar-refractivity contribution in [2.45, 2.75) is 65.7 Å². The van der Waals surface area contributed by atoms with Crippen LogP contribution in [0.5, 0.6) is 0 Å². The average Bonchev–Trinajstić information content (AvgIpc) is 3.12. The predicted molar refractivity (Wildman–Crippen MR) is 131 cm³/mol. The van der Waals surface area contributed by atoms with E-state index in [-0.39, 0.29) is 29.4 Å². The van der Waals surface area contributed by atoms with E-state index in [2.05, 4.69) is 91.4 Å². The number of rotatable bonds is 7. The maximum Gasteiger partial charge on any atom is 0.213 e. The molecule has 2 N–H and O–H groups in total. The molecule has 0 fully saturated rings. The molecule has 0 aliphatic heterocycles. The van der Waals surface area contributed by atoms with Crippen molar-refractivity contribution in [3.63, 3.8) is 0 Å². The lowest BCUT2D eigenvalue weighted by Gasteiger charge is -2.23. The summed E-state index contributed by atoms with van der Waals surface area (Å²) in [6.45, 7) is 12.9. The maximum absolute atomic E-state index is 5.83. The van der Waals surface area contributed by atoms with Crippen LogP contribution in [0.25, 0.3) is 0 Å². The van der Waals surface area contributed by atoms with Gasteiger partial charge in [0.05, 0.1) is 12.7 Å². The fourth-order valence-electron chi connectivity index (χ4n) is 2.63. The number of nitrogens with one attached hydrogen (secondary N) is 2. The van der Waals surface area contributed by atoms with Gasteiger partial charge >= 0.3 is 0 Å². The maximum atomic E-state index is 5.83. The van der Waals surface area contributed by atoms with Gasteiger partial charge in [0.1, 0.15) is 5.76 Å². The largest absolute Gasteiger partial charge is 0.443 e. The summed E-state index contributed by atoms with van der Waals surface area (Å²) in [6, 6.07) is 9.03. The first-order chi connectivity index (χ1) is 13.2. The van der Waals surface area contributed by atoms with Gasteiger partial charge in [-0.25, -0.2) is 4.98 Å². The Morgan fingerprint density at radius 3 is 2.31 bits per heavy atom. The smallest absolute Gasteiger partial charge is 0.213 e. The van der Waals surface area contributed by atoms with E-state index in [1.54, 1.807) is 13.2 Å². The number of hydrogen-bond acceptors (Lipinski definition) is 4. The van der Waals surface area contributed by atoms with Gasteiger partial charge in [0.25, 0.3) is 0 Å². The van der Waals surface area contributed by atoms with Gasteiger partial charge in [-0.05, 0) is 32.0 Å². The van der Waals surface area contributed by atoms with Crippen LogP contribution in [-0.4, -0.2) is 36.0 Å². The van der Waals surface area contributed by atoms with Crippen LogP contribution in [-0.2, 0) is 25.0 Å². The van der Waals surface area contributed by atoms with E-state index >= 15 is 0 Å². The summed E-state index contributed by atoms with van der Waals surface area (Å²) in [5.41, 5.74) is 2.55. The van der Waals surface area contributed by atoms with Crippen LogP contribution < -0.4 is 10.6 Å². The number of aromatic nitrogens is 1. The molecule has 1 heterocycles. The fraction of sp³-hybridized carbons (Fsp3) is 0.545. The van der Waals surface area contributed by atoms with Gasteiger partial charge in [-0.1, -0.05) is 45.0 Å². The van der Waals surface area contributed by atoms with Gasteiger partial charge in [-0.2, -0.15) is 0 Å². The Balaban J connectivity index is 0.00000420. The third-order valence-electron chi connectivity index (χ3n) is 4.79. The minimum Gasteiger partial charge on any atom is -0.443 e. The lowest BCUT2D eigenvalue weighted by atomic mass is 9.94. The fourth-order valence-corrected chi connectivity index (χ4v) is 2.63. The molecular weight excluding hydrogens is 477 g/mol. The highest BCUT2D eigenvalue weighted by Gasteiger charge is 2.19. The Hall–Kier alpha value is -1.61. The van der Waals surface area contributed by atoms with Crippen LogP contribution in [0.2, 0.25) is 0 Å². The van der Waals surface area contributed by atoms with Crippen LogP contribution in [0.4, 0.5) is 0 Å². The number of hydrogen-bond donors (Lipinski definition) is 2. The first-order valence-corrected chi connectivity index (χ1v) is 9.87. The Bertz CT molecular complexity index is 780. The van der Waals surface area contributed by atoms with E-state index in [4.69, 9.17) is 4.42 Å². The van der Waals surface area contributed by atoms with Crippen LogP contribution >= 0.6 is 24.0 Å². The number of nitrogens with zero attached hydrogens (tertiary/aromatic N) is 3. The Kier molecular flexibility index (Phi) is 10.1. The van der Waals surface area contributed by atoms with Crippen molar-refractivity contribution in [2.75, 3.05) is 14.1 Å². The van der Waals surface area contributed by atoms with Gasteiger partial charge < -0.3 is 15.1 Å². The van der Waals surface area contributed by atoms with Crippen molar-refractivity contribution in [3.8, 4) is 0 Å². The van der Waals surface area contributed by atoms with E-state index in [9.17, 15) is 0 Å². The number of guanidine groups is 1. The van der Waals surface area contributed by atoms with Crippen molar-refractivity contribution in [1.82, 2.24) is 20.5 Å². The molecule has 0 saturated heterocycles. The van der Waals surface area contributed by atoms with E-state index in [0.29, 0.717) is 25.0 Å². The summed E-state index contributed by atoms with van der Waals surface area (Å²) in [7, 11) is 3.92. The minimum atomic E-state index is -0.0436. The molecule has 0 aliphatic carbocycles. The van der Waals surface area contributed by atoms with E-state index in [1.165, 1.54) is 11.1 Å². The highest BCUT2D eigenvalue weighted by Crippen LogP contribution is 2.22. The van der Waals surface area contributed by atoms with Crippen LogP contribution in [0.15, 0.2) is 39.9 Å². The molecule has 2 rings (SSSR count). The lowest BCUT2D eigenvalue weighted by Crippen LogP contribution is -2.36. The molecule has 0 aliphatic rings. The minimum absolute atomic E-state index is 0. The Labute approximate surface area is 192 Å². The first kappa shape index (κ1) is 25.4. The van der Waals surface area contributed by atoms with Crippen LogP contribution in [0.3, 0.4) is 0 Å². The molecule has 7 heteroatoms. The molecule has 162 valence electrons. The molecule has 0 spiro atoms. The molecular formula is C22H36IN5O. The zero-order valence-electron chi connectivity index (χ0n) is 18.7. The summed E-state index contributed by atoms with van der Waals surface area (Å²) in [5, 5.41) is 6.66. The number of benzene rings is 1. The van der Waals surface area contributed by atoms with E-state index in [0.717, 1.165) is 18.3 Å². The molecule has 0 atom stereocenters. The van der Waals surface area contributed by atoms with E-state index in [1.807, 2.05) is 0 Å². The van der Waals surface area contributed by atoms with Gasteiger partial charge in [0.15, 0.2) is 5.96 Å². The van der Waals surface area contributed by atoms with Crippen molar-refractivity contribution in [1.29, 1.82) is 0 Å². The first-order valence-electron chi connectivity index (χ1n) is 9.87. The number of aliphatic imine (C=N–C) groups is 1. The molecule has 0 amide bonds. The van der Waals surface area contributed by atoms with Crippen molar-refractivity contribution in [2.24, 2.45) is 4.99 Å². The monoisotopic (exact) mass is 513 g/mol. The second-order valence-electron chi connectivity index (χ2n) is 8.43. The second kappa shape index (κ2) is 11.5.